The van der Waals surface area contributed by atoms with Gasteiger partial charge in [0.1, 0.15) is 18.5 Å². The van der Waals surface area contributed by atoms with Crippen LogP contribution in [0.5, 0.6) is 0 Å². The fraction of sp³-hybridized carbons (Fsp3) is 0.333. The minimum Gasteiger partial charge on any atom is -0.443 e. The lowest BCUT2D eigenvalue weighted by molar-refractivity contribution is 0.0540. The molecule has 0 aliphatic heterocycles. The van der Waals surface area contributed by atoms with Crippen molar-refractivity contribution < 1.29 is 9.53 Å². The van der Waals surface area contributed by atoms with Gasteiger partial charge in [-0.25, -0.2) is 4.79 Å². The van der Waals surface area contributed by atoms with Crippen LogP contribution in [0.25, 0.3) is 10.7 Å². The molecule has 0 N–H and O–H groups in total. The summed E-state index contributed by atoms with van der Waals surface area (Å²) in [5.41, 5.74) is 0.610. The Labute approximate surface area is 111 Å². The van der Waals surface area contributed by atoms with E-state index >= 15 is 0 Å². The SMILES string of the molecule is [B]c1csc(-c2cccn2C(=O)OC(C)(C)C)n1. The summed E-state index contributed by atoms with van der Waals surface area (Å²) in [6.07, 6.45) is 1.23. The van der Waals surface area contributed by atoms with E-state index in [0.29, 0.717) is 16.3 Å². The molecule has 92 valence electrons. The zero-order valence-electron chi connectivity index (χ0n) is 10.5. The Hall–Kier alpha value is -1.56. The first-order valence-electron chi connectivity index (χ1n) is 5.49. The molecule has 0 saturated carbocycles. The average Bonchev–Trinajstić information content (AvgIpc) is 2.81. The zero-order chi connectivity index (χ0) is 13.3. The summed E-state index contributed by atoms with van der Waals surface area (Å²) in [5.74, 6) is 0. The highest BCUT2D eigenvalue weighted by atomic mass is 32.1. The van der Waals surface area contributed by atoms with Crippen molar-refractivity contribution in [3.8, 4) is 10.7 Å². The molecule has 6 heteroatoms. The van der Waals surface area contributed by atoms with Crippen LogP contribution in [0, 0.1) is 0 Å². The highest BCUT2D eigenvalue weighted by Crippen LogP contribution is 2.22. The number of aromatic nitrogens is 2. The Morgan fingerprint density at radius 3 is 2.78 bits per heavy atom. The number of rotatable bonds is 1. The van der Waals surface area contributed by atoms with Gasteiger partial charge in [0.05, 0.1) is 5.69 Å². The van der Waals surface area contributed by atoms with E-state index < -0.39 is 11.7 Å². The van der Waals surface area contributed by atoms with Crippen molar-refractivity contribution in [2.75, 3.05) is 0 Å². The van der Waals surface area contributed by atoms with E-state index in [1.54, 1.807) is 17.6 Å². The summed E-state index contributed by atoms with van der Waals surface area (Å²) < 4.78 is 6.75. The number of ether oxygens (including phenoxy) is 1. The molecular formula is C12H13BN2O2S. The lowest BCUT2D eigenvalue weighted by atomic mass is 10.1. The Morgan fingerprint density at radius 1 is 1.50 bits per heavy atom. The smallest absolute Gasteiger partial charge is 0.419 e. The molecular weight excluding hydrogens is 247 g/mol. The molecule has 0 spiro atoms. The van der Waals surface area contributed by atoms with Crippen molar-refractivity contribution in [2.24, 2.45) is 0 Å². The maximum Gasteiger partial charge on any atom is 0.419 e. The predicted octanol–water partition coefficient (Wildman–Crippen LogP) is 2.19. The minimum atomic E-state index is -0.527. The Balaban J connectivity index is 2.31. The summed E-state index contributed by atoms with van der Waals surface area (Å²) in [6, 6.07) is 3.58. The van der Waals surface area contributed by atoms with E-state index in [1.807, 2.05) is 26.8 Å². The highest BCUT2D eigenvalue weighted by Gasteiger charge is 2.20. The molecule has 0 unspecified atom stereocenters. The molecule has 0 bridgehead atoms. The Bertz CT molecular complexity index is 569. The van der Waals surface area contributed by atoms with Gasteiger partial charge in [-0.15, -0.1) is 11.3 Å². The Kier molecular flexibility index (Phi) is 3.30. The maximum atomic E-state index is 12.0. The van der Waals surface area contributed by atoms with E-state index in [4.69, 9.17) is 12.6 Å². The molecule has 0 aliphatic rings. The minimum absolute atomic E-state index is 0.420. The van der Waals surface area contributed by atoms with Crippen molar-refractivity contribution in [1.82, 2.24) is 9.55 Å². The number of carbonyl (C=O) groups excluding carboxylic acids is 1. The van der Waals surface area contributed by atoms with Crippen molar-refractivity contribution in [1.29, 1.82) is 0 Å². The van der Waals surface area contributed by atoms with Crippen LogP contribution in [0.15, 0.2) is 23.7 Å². The van der Waals surface area contributed by atoms with Crippen LogP contribution in [0.4, 0.5) is 4.79 Å². The monoisotopic (exact) mass is 260 g/mol. The first-order valence-corrected chi connectivity index (χ1v) is 6.37. The fourth-order valence-corrected chi connectivity index (χ4v) is 2.16. The first-order chi connectivity index (χ1) is 8.37. The second-order valence-corrected chi connectivity index (χ2v) is 5.68. The van der Waals surface area contributed by atoms with Crippen molar-refractivity contribution in [3.63, 3.8) is 0 Å². The second kappa shape index (κ2) is 4.61. The maximum absolute atomic E-state index is 12.0. The normalized spacial score (nSPS) is 11.5. The van der Waals surface area contributed by atoms with E-state index in [9.17, 15) is 4.79 Å². The third-order valence-electron chi connectivity index (χ3n) is 2.08. The summed E-state index contributed by atoms with van der Waals surface area (Å²) >= 11 is 1.39. The fourth-order valence-electron chi connectivity index (χ4n) is 1.43. The predicted molar refractivity (Wildman–Crippen MR) is 72.6 cm³/mol. The van der Waals surface area contributed by atoms with Gasteiger partial charge in [0.15, 0.2) is 0 Å². The zero-order valence-corrected chi connectivity index (χ0v) is 11.3. The summed E-state index contributed by atoms with van der Waals surface area (Å²) in [6.45, 7) is 5.49. The number of hydrogen-bond acceptors (Lipinski definition) is 4. The van der Waals surface area contributed by atoms with E-state index in [2.05, 4.69) is 4.98 Å². The van der Waals surface area contributed by atoms with Crippen molar-refractivity contribution in [2.45, 2.75) is 26.4 Å². The van der Waals surface area contributed by atoms with Crippen LogP contribution < -0.4 is 5.59 Å². The van der Waals surface area contributed by atoms with Gasteiger partial charge in [-0.1, -0.05) is 0 Å². The molecule has 2 aromatic heterocycles. The first kappa shape index (κ1) is 12.9. The molecule has 0 amide bonds. The number of carbonyl (C=O) groups is 1. The van der Waals surface area contributed by atoms with Gasteiger partial charge >= 0.3 is 6.09 Å². The van der Waals surface area contributed by atoms with E-state index in [0.717, 1.165) is 0 Å². The Morgan fingerprint density at radius 2 is 2.22 bits per heavy atom. The number of nitrogens with zero attached hydrogens (tertiary/aromatic N) is 2. The standard InChI is InChI=1S/C12H13BN2O2S/c1-12(2,3)17-11(16)15-6-4-5-8(15)10-14-9(13)7-18-10/h4-7H,1-3H3. The molecule has 2 heterocycles. The van der Waals surface area contributed by atoms with Gasteiger partial charge in [0.2, 0.25) is 0 Å². The van der Waals surface area contributed by atoms with Gasteiger partial charge in [-0.05, 0) is 38.5 Å². The molecule has 0 fully saturated rings. The van der Waals surface area contributed by atoms with Crippen LogP contribution in [-0.2, 0) is 4.74 Å². The van der Waals surface area contributed by atoms with Gasteiger partial charge in [-0.3, -0.25) is 9.55 Å². The molecule has 2 radical (unpaired) electrons. The summed E-state index contributed by atoms with van der Waals surface area (Å²) in [4.78, 5) is 16.2. The molecule has 2 rings (SSSR count). The van der Waals surface area contributed by atoms with Crippen LogP contribution in [0.1, 0.15) is 20.8 Å². The lowest BCUT2D eigenvalue weighted by Gasteiger charge is -2.20. The topological polar surface area (TPSA) is 44.1 Å². The largest absolute Gasteiger partial charge is 0.443 e. The van der Waals surface area contributed by atoms with Gasteiger partial charge in [-0.2, -0.15) is 0 Å². The van der Waals surface area contributed by atoms with Crippen LogP contribution >= 0.6 is 11.3 Å². The van der Waals surface area contributed by atoms with Crippen LogP contribution in [0.2, 0.25) is 0 Å². The van der Waals surface area contributed by atoms with Gasteiger partial charge in [0.25, 0.3) is 0 Å². The molecule has 18 heavy (non-hydrogen) atoms. The van der Waals surface area contributed by atoms with Crippen LogP contribution in [-0.4, -0.2) is 29.1 Å². The van der Waals surface area contributed by atoms with Gasteiger partial charge in [0, 0.05) is 11.6 Å². The lowest BCUT2D eigenvalue weighted by Crippen LogP contribution is -2.27. The number of hydrogen-bond donors (Lipinski definition) is 0. The molecule has 4 nitrogen and oxygen atoms in total. The van der Waals surface area contributed by atoms with Crippen molar-refractivity contribution >= 4 is 30.9 Å². The second-order valence-electron chi connectivity index (χ2n) is 4.82. The highest BCUT2D eigenvalue weighted by molar-refractivity contribution is 7.13. The summed E-state index contributed by atoms with van der Waals surface area (Å²) in [7, 11) is 5.59. The third kappa shape index (κ3) is 2.82. The molecule has 0 saturated heterocycles. The van der Waals surface area contributed by atoms with Crippen molar-refractivity contribution in [3.05, 3.63) is 23.7 Å². The molecule has 0 atom stereocenters. The van der Waals surface area contributed by atoms with E-state index in [-0.39, 0.29) is 0 Å². The molecule has 0 aliphatic carbocycles. The number of thiazole rings is 1. The van der Waals surface area contributed by atoms with Crippen LogP contribution in [0.3, 0.4) is 0 Å². The molecule has 0 aromatic carbocycles. The third-order valence-corrected chi connectivity index (χ3v) is 2.96. The average molecular weight is 260 g/mol. The van der Waals surface area contributed by atoms with E-state index in [1.165, 1.54) is 15.9 Å². The quantitative estimate of drug-likeness (QED) is 0.738. The molecule has 2 aromatic rings. The summed E-state index contributed by atoms with van der Waals surface area (Å²) in [5, 5.41) is 2.44. The van der Waals surface area contributed by atoms with Gasteiger partial charge < -0.3 is 4.74 Å².